The van der Waals surface area contributed by atoms with E-state index in [4.69, 9.17) is 18.9 Å². The maximum atomic E-state index is 13.1. The van der Waals surface area contributed by atoms with Gasteiger partial charge in [0.25, 0.3) is 0 Å². The zero-order chi connectivity index (χ0) is 30.5. The van der Waals surface area contributed by atoms with Gasteiger partial charge in [0.1, 0.15) is 31.6 Å². The number of carbonyl (C=O) groups excluding carboxylic acids is 4. The Morgan fingerprint density at radius 3 is 2.55 bits per heavy atom. The predicted octanol–water partition coefficient (Wildman–Crippen LogP) is 3.03. The Labute approximate surface area is 244 Å². The Bertz CT molecular complexity index is 1360. The zero-order valence-electron chi connectivity index (χ0n) is 23.9. The number of hydrazone groups is 2. The van der Waals surface area contributed by atoms with Crippen LogP contribution in [0.1, 0.15) is 38.1 Å². The smallest absolute Gasteiger partial charge is 0.399 e. The molecule has 0 saturated heterocycles. The standard InChI is InChI=1S/C30H32N4O8/c1-5-8-17-41-29(37)22-14-10-12-16-25(22)34-20(4)23(27(33-34)30(38)40-7-3)19-42-28(36)21-13-9-11-15-24(21)32-31-18-26(35)39-6-2/h5,8,10-16,18,20,23H,6-7,17,19H2,1-4H3/p+1/b8-5+/t20-,23-/m0/s1. The van der Waals surface area contributed by atoms with Crippen LogP contribution in [0.25, 0.3) is 0 Å². The Hall–Kier alpha value is -5.09. The van der Waals surface area contributed by atoms with Crippen molar-refractivity contribution < 1.29 is 38.1 Å². The highest BCUT2D eigenvalue weighted by Gasteiger charge is 2.42. The van der Waals surface area contributed by atoms with Crippen molar-refractivity contribution in [1.82, 2.24) is 5.43 Å². The molecule has 0 fully saturated rings. The molecule has 2 aliphatic rings. The summed E-state index contributed by atoms with van der Waals surface area (Å²) < 4.78 is 21.0. The second-order valence-electron chi connectivity index (χ2n) is 8.77. The number of hydrogen-bond donors (Lipinski definition) is 1. The highest BCUT2D eigenvalue weighted by Crippen LogP contribution is 2.32. The lowest BCUT2D eigenvalue weighted by Crippen LogP contribution is -2.37. The lowest BCUT2D eigenvalue weighted by atomic mass is 9.97. The second kappa shape index (κ2) is 15.6. The fourth-order valence-corrected chi connectivity index (χ4v) is 3.99. The summed E-state index contributed by atoms with van der Waals surface area (Å²) in [6.45, 7) is 7.16. The molecule has 0 spiro atoms. The summed E-state index contributed by atoms with van der Waals surface area (Å²) in [5.41, 5.74) is 3.73. The van der Waals surface area contributed by atoms with Gasteiger partial charge in [-0.2, -0.15) is 10.2 Å². The third-order valence-electron chi connectivity index (χ3n) is 6.06. The van der Waals surface area contributed by atoms with E-state index >= 15 is 0 Å². The lowest BCUT2D eigenvalue weighted by molar-refractivity contribution is -0.140. The van der Waals surface area contributed by atoms with Crippen molar-refractivity contribution in [2.45, 2.75) is 33.7 Å². The van der Waals surface area contributed by atoms with Crippen LogP contribution in [0.3, 0.4) is 0 Å². The molecule has 1 aliphatic carbocycles. The molecule has 0 amide bonds. The molecule has 1 heterocycles. The van der Waals surface area contributed by atoms with E-state index in [9.17, 15) is 19.2 Å². The van der Waals surface area contributed by atoms with Gasteiger partial charge in [-0.3, -0.25) is 10.4 Å². The molecule has 1 aliphatic heterocycles. The predicted molar refractivity (Wildman–Crippen MR) is 154 cm³/mol. The summed E-state index contributed by atoms with van der Waals surface area (Å²) in [5, 5.41) is 9.83. The van der Waals surface area contributed by atoms with Crippen molar-refractivity contribution in [2.24, 2.45) is 16.1 Å². The van der Waals surface area contributed by atoms with E-state index in [1.165, 1.54) is 17.2 Å². The van der Waals surface area contributed by atoms with Crippen LogP contribution in [0.15, 0.2) is 76.1 Å². The van der Waals surface area contributed by atoms with Gasteiger partial charge < -0.3 is 18.9 Å². The number of benzene rings is 1. The SMILES string of the molecule is C/C=C/COC(=O)c1ccccc1N1N=C(C(=O)OCC)[C@@H](COC(=O)C2=C(NN=CC(=O)OCC)C=C[C+]=C2)[C@@H]1C. The molecule has 0 unspecified atom stereocenters. The third kappa shape index (κ3) is 7.98. The van der Waals surface area contributed by atoms with Crippen LogP contribution in [0.4, 0.5) is 5.69 Å². The average molecular weight is 578 g/mol. The van der Waals surface area contributed by atoms with Crippen molar-refractivity contribution in [1.29, 1.82) is 0 Å². The molecule has 12 heteroatoms. The number of ether oxygens (including phenoxy) is 4. The number of allylic oxidation sites excluding steroid dienone is 4. The van der Waals surface area contributed by atoms with E-state index in [0.717, 1.165) is 6.21 Å². The fraction of sp³-hybridized carbons (Fsp3) is 0.333. The molecule has 220 valence electrons. The summed E-state index contributed by atoms with van der Waals surface area (Å²) in [7, 11) is 0. The maximum Gasteiger partial charge on any atom is 0.399 e. The summed E-state index contributed by atoms with van der Waals surface area (Å²) in [4.78, 5) is 50.3. The van der Waals surface area contributed by atoms with Crippen LogP contribution in [-0.2, 0) is 33.3 Å². The van der Waals surface area contributed by atoms with Gasteiger partial charge in [-0.15, -0.1) is 0 Å². The first-order valence-corrected chi connectivity index (χ1v) is 13.4. The first-order valence-electron chi connectivity index (χ1n) is 13.4. The molecule has 1 N–H and O–H groups in total. The quantitative estimate of drug-likeness (QED) is 0.0927. The van der Waals surface area contributed by atoms with Crippen LogP contribution in [0.5, 0.6) is 0 Å². The van der Waals surface area contributed by atoms with Gasteiger partial charge in [0, 0.05) is 6.08 Å². The molecular weight excluding hydrogens is 544 g/mol. The monoisotopic (exact) mass is 577 g/mol. The number of hydrogen-bond acceptors (Lipinski definition) is 12. The fourth-order valence-electron chi connectivity index (χ4n) is 3.99. The summed E-state index contributed by atoms with van der Waals surface area (Å²) >= 11 is 0. The largest absolute Gasteiger partial charge is 0.462 e. The summed E-state index contributed by atoms with van der Waals surface area (Å²) in [6.07, 6.45) is 11.7. The van der Waals surface area contributed by atoms with E-state index in [2.05, 4.69) is 21.7 Å². The zero-order valence-corrected chi connectivity index (χ0v) is 23.9. The first kappa shape index (κ1) is 31.4. The van der Waals surface area contributed by atoms with E-state index in [0.29, 0.717) is 5.69 Å². The van der Waals surface area contributed by atoms with E-state index in [1.807, 2.05) is 6.92 Å². The Morgan fingerprint density at radius 1 is 1.05 bits per heavy atom. The van der Waals surface area contributed by atoms with Gasteiger partial charge in [0.2, 0.25) is 0 Å². The van der Waals surface area contributed by atoms with Crippen molar-refractivity contribution in [2.75, 3.05) is 31.4 Å². The topological polar surface area (TPSA) is 145 Å². The van der Waals surface area contributed by atoms with Crippen LogP contribution in [-0.4, -0.2) is 68.3 Å². The Balaban J connectivity index is 1.82. The number of anilines is 1. The summed E-state index contributed by atoms with van der Waals surface area (Å²) in [5.74, 6) is -3.27. The van der Waals surface area contributed by atoms with E-state index < -0.39 is 35.8 Å². The van der Waals surface area contributed by atoms with Crippen LogP contribution in [0, 0.1) is 12.0 Å². The van der Waals surface area contributed by atoms with Crippen LogP contribution < -0.4 is 10.4 Å². The summed E-state index contributed by atoms with van der Waals surface area (Å²) in [6, 6.07) is 6.24. The second-order valence-corrected chi connectivity index (χ2v) is 8.77. The molecular formula is C30H33N4O8+. The van der Waals surface area contributed by atoms with Crippen molar-refractivity contribution in [3.63, 3.8) is 0 Å². The number of rotatable bonds is 13. The normalized spacial score (nSPS) is 17.7. The van der Waals surface area contributed by atoms with Gasteiger partial charge in [-0.25, -0.2) is 19.2 Å². The molecule has 0 bridgehead atoms. The van der Waals surface area contributed by atoms with Crippen molar-refractivity contribution in [3.05, 3.63) is 77.6 Å². The molecule has 3 rings (SSSR count). The number of para-hydroxylation sites is 1. The van der Waals surface area contributed by atoms with Gasteiger partial charge in [0.15, 0.2) is 17.0 Å². The highest BCUT2D eigenvalue weighted by atomic mass is 16.5. The minimum Gasteiger partial charge on any atom is -0.462 e. The number of carbonyl (C=O) groups is 4. The third-order valence-corrected chi connectivity index (χ3v) is 6.06. The van der Waals surface area contributed by atoms with Gasteiger partial charge >= 0.3 is 23.9 Å². The molecule has 12 nitrogen and oxygen atoms in total. The van der Waals surface area contributed by atoms with Gasteiger partial charge in [0.05, 0.1) is 42.5 Å². The highest BCUT2D eigenvalue weighted by molar-refractivity contribution is 6.38. The number of nitrogens with one attached hydrogen (secondary N) is 1. The maximum absolute atomic E-state index is 13.1. The minimum absolute atomic E-state index is 0.0474. The molecule has 1 aromatic carbocycles. The Kier molecular flexibility index (Phi) is 11.7. The minimum atomic E-state index is -0.720. The Morgan fingerprint density at radius 2 is 1.81 bits per heavy atom. The average Bonchev–Trinajstić information content (AvgIpc) is 3.32. The van der Waals surface area contributed by atoms with E-state index in [-0.39, 0.29) is 49.0 Å². The van der Waals surface area contributed by atoms with E-state index in [1.54, 1.807) is 63.3 Å². The number of esters is 4. The van der Waals surface area contributed by atoms with Crippen LogP contribution >= 0.6 is 0 Å². The number of nitrogens with zero attached hydrogens (tertiary/aromatic N) is 3. The molecule has 2 atom stereocenters. The molecule has 1 aromatic rings. The van der Waals surface area contributed by atoms with Crippen molar-refractivity contribution in [3.8, 4) is 0 Å². The molecule has 0 saturated carbocycles. The van der Waals surface area contributed by atoms with Crippen molar-refractivity contribution >= 4 is 41.5 Å². The van der Waals surface area contributed by atoms with Gasteiger partial charge in [-0.1, -0.05) is 24.3 Å². The lowest BCUT2D eigenvalue weighted by Gasteiger charge is -2.25. The molecule has 0 radical (unpaired) electrons. The first-order chi connectivity index (χ1) is 20.3. The van der Waals surface area contributed by atoms with Crippen LogP contribution in [0.2, 0.25) is 0 Å². The molecule has 42 heavy (non-hydrogen) atoms. The molecule has 0 aromatic heterocycles. The van der Waals surface area contributed by atoms with Gasteiger partial charge in [-0.05, 0) is 39.8 Å².